The fourth-order valence-electron chi connectivity index (χ4n) is 2.06. The van der Waals surface area contributed by atoms with Crippen LogP contribution in [0.25, 0.3) is 0 Å². The summed E-state index contributed by atoms with van der Waals surface area (Å²) in [6.45, 7) is 3.15. The maximum atomic E-state index is 9.85. The van der Waals surface area contributed by atoms with E-state index in [-0.39, 0.29) is 0 Å². The molecule has 94 valence electrons. The monoisotopic (exact) mass is 255 g/mol. The number of β-amino-alcohol motifs (C(OH)–C–C–N with tert-alkyl or cyclic N) is 1. The number of hydrogen-bond acceptors (Lipinski definition) is 3. The van der Waals surface area contributed by atoms with Gasteiger partial charge in [-0.05, 0) is 38.1 Å². The van der Waals surface area contributed by atoms with Gasteiger partial charge in [0.15, 0.2) is 0 Å². The van der Waals surface area contributed by atoms with Gasteiger partial charge in [-0.3, -0.25) is 0 Å². The van der Waals surface area contributed by atoms with E-state index in [1.165, 1.54) is 12.8 Å². The van der Waals surface area contributed by atoms with Gasteiger partial charge in [-0.15, -0.1) is 0 Å². The molecule has 1 aliphatic heterocycles. The smallest absolute Gasteiger partial charge is 0.138 e. The summed E-state index contributed by atoms with van der Waals surface area (Å²) >= 11 is 5.96. The molecule has 1 saturated heterocycles. The van der Waals surface area contributed by atoms with Crippen LogP contribution in [0.4, 0.5) is 0 Å². The fraction of sp³-hybridized carbons (Fsp3) is 0.538. The van der Waals surface area contributed by atoms with Gasteiger partial charge in [0, 0.05) is 6.54 Å². The fourth-order valence-corrected chi connectivity index (χ4v) is 2.25. The number of ether oxygens (including phenoxy) is 1. The Kier molecular flexibility index (Phi) is 4.66. The van der Waals surface area contributed by atoms with Crippen LogP contribution in [-0.2, 0) is 0 Å². The van der Waals surface area contributed by atoms with Gasteiger partial charge < -0.3 is 14.7 Å². The van der Waals surface area contributed by atoms with Crippen molar-refractivity contribution < 1.29 is 9.84 Å². The summed E-state index contributed by atoms with van der Waals surface area (Å²) in [6.07, 6.45) is 2.01. The molecule has 0 saturated carbocycles. The summed E-state index contributed by atoms with van der Waals surface area (Å²) in [4.78, 5) is 2.26. The summed E-state index contributed by atoms with van der Waals surface area (Å²) in [6, 6.07) is 7.32. The van der Waals surface area contributed by atoms with Crippen molar-refractivity contribution in [2.45, 2.75) is 18.9 Å². The second kappa shape index (κ2) is 6.24. The molecule has 2 rings (SSSR count). The van der Waals surface area contributed by atoms with E-state index >= 15 is 0 Å². The van der Waals surface area contributed by atoms with Crippen molar-refractivity contribution in [3.63, 3.8) is 0 Å². The van der Waals surface area contributed by atoms with Crippen LogP contribution >= 0.6 is 11.6 Å². The average molecular weight is 256 g/mol. The summed E-state index contributed by atoms with van der Waals surface area (Å²) in [7, 11) is 0. The summed E-state index contributed by atoms with van der Waals surface area (Å²) in [5.74, 6) is 0.634. The van der Waals surface area contributed by atoms with Crippen LogP contribution < -0.4 is 4.74 Å². The van der Waals surface area contributed by atoms with Gasteiger partial charge >= 0.3 is 0 Å². The zero-order valence-corrected chi connectivity index (χ0v) is 10.6. The number of likely N-dealkylation sites (tertiary alicyclic amines) is 1. The van der Waals surface area contributed by atoms with Gasteiger partial charge in [-0.1, -0.05) is 23.7 Å². The molecule has 3 nitrogen and oxygen atoms in total. The van der Waals surface area contributed by atoms with Crippen LogP contribution in [0.2, 0.25) is 5.02 Å². The third-order valence-electron chi connectivity index (χ3n) is 2.94. The van der Waals surface area contributed by atoms with Crippen molar-refractivity contribution >= 4 is 11.6 Å². The molecule has 0 spiro atoms. The topological polar surface area (TPSA) is 32.7 Å². The first kappa shape index (κ1) is 12.7. The molecule has 0 amide bonds. The highest BCUT2D eigenvalue weighted by Crippen LogP contribution is 2.23. The van der Waals surface area contributed by atoms with Crippen molar-refractivity contribution in [2.75, 3.05) is 26.2 Å². The largest absolute Gasteiger partial charge is 0.489 e. The Hall–Kier alpha value is -0.770. The molecule has 1 N–H and O–H groups in total. The maximum Gasteiger partial charge on any atom is 0.138 e. The van der Waals surface area contributed by atoms with Crippen molar-refractivity contribution in [1.29, 1.82) is 0 Å². The third-order valence-corrected chi connectivity index (χ3v) is 3.25. The number of para-hydroxylation sites is 1. The summed E-state index contributed by atoms with van der Waals surface area (Å²) in [5.41, 5.74) is 0. The Labute approximate surface area is 107 Å². The zero-order chi connectivity index (χ0) is 12.1. The third kappa shape index (κ3) is 3.87. The highest BCUT2D eigenvalue weighted by molar-refractivity contribution is 6.32. The first-order valence-electron chi connectivity index (χ1n) is 6.03. The second-order valence-electron chi connectivity index (χ2n) is 4.40. The first-order valence-corrected chi connectivity index (χ1v) is 6.41. The van der Waals surface area contributed by atoms with E-state index in [1.54, 1.807) is 6.07 Å². The molecular formula is C13H18ClNO2. The van der Waals surface area contributed by atoms with Gasteiger partial charge in [-0.25, -0.2) is 0 Å². The minimum atomic E-state index is -0.454. The van der Waals surface area contributed by atoms with Crippen LogP contribution in [0, 0.1) is 0 Å². The zero-order valence-electron chi connectivity index (χ0n) is 9.81. The van der Waals surface area contributed by atoms with Crippen molar-refractivity contribution in [3.8, 4) is 5.75 Å². The predicted octanol–water partition coefficient (Wildman–Crippen LogP) is 2.18. The standard InChI is InChI=1S/C13H18ClNO2/c14-12-5-1-2-6-13(12)17-10-11(16)9-15-7-3-4-8-15/h1-2,5-6,11,16H,3-4,7-10H2. The molecule has 0 radical (unpaired) electrons. The van der Waals surface area contributed by atoms with E-state index in [0.717, 1.165) is 13.1 Å². The number of hydrogen-bond donors (Lipinski definition) is 1. The molecule has 1 aliphatic rings. The molecule has 1 aromatic carbocycles. The minimum Gasteiger partial charge on any atom is -0.489 e. The summed E-state index contributed by atoms with van der Waals surface area (Å²) in [5, 5.41) is 10.4. The minimum absolute atomic E-state index is 0.292. The molecule has 1 heterocycles. The molecule has 1 atom stereocenters. The quantitative estimate of drug-likeness (QED) is 0.875. The SMILES string of the molecule is OC(COc1ccccc1Cl)CN1CCCC1. The highest BCUT2D eigenvalue weighted by Gasteiger charge is 2.16. The van der Waals surface area contributed by atoms with Crippen LogP contribution in [0.5, 0.6) is 5.75 Å². The molecule has 0 aliphatic carbocycles. The molecule has 1 unspecified atom stereocenters. The van der Waals surface area contributed by atoms with Crippen molar-refractivity contribution in [3.05, 3.63) is 29.3 Å². The second-order valence-corrected chi connectivity index (χ2v) is 4.81. The van der Waals surface area contributed by atoms with Gasteiger partial charge in [0.25, 0.3) is 0 Å². The number of aliphatic hydroxyl groups excluding tert-OH is 1. The molecular weight excluding hydrogens is 238 g/mol. The lowest BCUT2D eigenvalue weighted by atomic mass is 10.3. The van der Waals surface area contributed by atoms with E-state index in [9.17, 15) is 5.11 Å². The number of rotatable bonds is 5. The number of benzene rings is 1. The Balaban J connectivity index is 1.75. The van der Waals surface area contributed by atoms with Crippen LogP contribution in [0.1, 0.15) is 12.8 Å². The summed E-state index contributed by atoms with van der Waals surface area (Å²) < 4.78 is 5.50. The normalized spacial score (nSPS) is 18.2. The van der Waals surface area contributed by atoms with Crippen molar-refractivity contribution in [2.24, 2.45) is 0 Å². The van der Waals surface area contributed by atoms with Crippen LogP contribution in [0.3, 0.4) is 0 Å². The molecule has 0 aromatic heterocycles. The number of aliphatic hydroxyl groups is 1. The van der Waals surface area contributed by atoms with Gasteiger partial charge in [-0.2, -0.15) is 0 Å². The van der Waals surface area contributed by atoms with Crippen molar-refractivity contribution in [1.82, 2.24) is 4.90 Å². The Morgan fingerprint density at radius 2 is 2.00 bits per heavy atom. The number of halogens is 1. The maximum absolute atomic E-state index is 9.85. The lowest BCUT2D eigenvalue weighted by Gasteiger charge is -2.19. The predicted molar refractivity (Wildman–Crippen MR) is 68.6 cm³/mol. The lowest BCUT2D eigenvalue weighted by Crippen LogP contribution is -2.33. The van der Waals surface area contributed by atoms with E-state index in [2.05, 4.69) is 4.90 Å². The van der Waals surface area contributed by atoms with Gasteiger partial charge in [0.2, 0.25) is 0 Å². The molecule has 0 bridgehead atoms. The van der Waals surface area contributed by atoms with Crippen LogP contribution in [0.15, 0.2) is 24.3 Å². The lowest BCUT2D eigenvalue weighted by molar-refractivity contribution is 0.0759. The molecule has 4 heteroatoms. The number of nitrogens with zero attached hydrogens (tertiary/aromatic N) is 1. The van der Waals surface area contributed by atoms with E-state index in [1.807, 2.05) is 18.2 Å². The Morgan fingerprint density at radius 1 is 1.29 bits per heavy atom. The average Bonchev–Trinajstić information content (AvgIpc) is 2.81. The van der Waals surface area contributed by atoms with Gasteiger partial charge in [0.05, 0.1) is 5.02 Å². The van der Waals surface area contributed by atoms with E-state index in [0.29, 0.717) is 23.9 Å². The Morgan fingerprint density at radius 3 is 2.71 bits per heavy atom. The molecule has 1 aromatic rings. The highest BCUT2D eigenvalue weighted by atomic mass is 35.5. The van der Waals surface area contributed by atoms with Crippen LogP contribution in [-0.4, -0.2) is 42.4 Å². The first-order chi connectivity index (χ1) is 8.25. The van der Waals surface area contributed by atoms with E-state index in [4.69, 9.17) is 16.3 Å². The Bertz CT molecular complexity index is 353. The molecule has 17 heavy (non-hydrogen) atoms. The van der Waals surface area contributed by atoms with Gasteiger partial charge in [0.1, 0.15) is 18.5 Å². The van der Waals surface area contributed by atoms with E-state index < -0.39 is 6.10 Å². The molecule has 1 fully saturated rings.